The zero-order chi connectivity index (χ0) is 32.6. The lowest BCUT2D eigenvalue weighted by molar-refractivity contribution is -0.0437. The molecule has 242 valence electrons. The van der Waals surface area contributed by atoms with E-state index in [0.717, 1.165) is 32.7 Å². The molecule has 1 N–H and O–H groups in total. The Morgan fingerprint density at radius 2 is 1.31 bits per heavy atom. The number of ether oxygens (including phenoxy) is 1. The van der Waals surface area contributed by atoms with Gasteiger partial charge in [0.1, 0.15) is 0 Å². The van der Waals surface area contributed by atoms with Crippen LogP contribution in [0, 0.1) is 18.3 Å². The molecule has 0 saturated carbocycles. The number of rotatable bonds is 14. The van der Waals surface area contributed by atoms with E-state index in [2.05, 4.69) is 157 Å². The summed E-state index contributed by atoms with van der Waals surface area (Å²) in [6.07, 6.45) is 3.52. The third kappa shape index (κ3) is 9.36. The SMILES string of the molecule is CCN(CC)c1ccc(C(c2ccc(C)cc2)c2ccc(NCCCCC(COC(C)(C)C)C(C)(C)C)c3ccccc23)cc1. The lowest BCUT2D eigenvalue weighted by Gasteiger charge is -2.33. The highest BCUT2D eigenvalue weighted by Gasteiger charge is 2.26. The number of fused-ring (bicyclic) bond motifs is 1. The maximum absolute atomic E-state index is 6.20. The van der Waals surface area contributed by atoms with Crippen molar-refractivity contribution in [3.63, 3.8) is 0 Å². The maximum atomic E-state index is 6.20. The van der Waals surface area contributed by atoms with Crippen molar-refractivity contribution in [3.8, 4) is 0 Å². The molecule has 0 spiro atoms. The van der Waals surface area contributed by atoms with Gasteiger partial charge in [0.15, 0.2) is 0 Å². The van der Waals surface area contributed by atoms with Crippen molar-refractivity contribution in [1.29, 1.82) is 0 Å². The molecule has 0 bridgehead atoms. The number of nitrogens with zero attached hydrogens (tertiary/aromatic N) is 1. The van der Waals surface area contributed by atoms with Crippen LogP contribution in [-0.2, 0) is 4.74 Å². The molecule has 0 amide bonds. The first kappa shape index (κ1) is 34.6. The normalized spacial score (nSPS) is 13.5. The number of benzene rings is 4. The largest absolute Gasteiger partial charge is 0.385 e. The number of hydrogen-bond donors (Lipinski definition) is 1. The average Bonchev–Trinajstić information content (AvgIpc) is 3.00. The number of hydrogen-bond acceptors (Lipinski definition) is 3. The molecule has 4 aromatic rings. The monoisotopic (exact) mass is 606 g/mol. The van der Waals surface area contributed by atoms with Gasteiger partial charge in [-0.1, -0.05) is 99.5 Å². The summed E-state index contributed by atoms with van der Waals surface area (Å²) in [5, 5.41) is 6.41. The third-order valence-electron chi connectivity index (χ3n) is 9.27. The van der Waals surface area contributed by atoms with Crippen molar-refractivity contribution in [2.24, 2.45) is 11.3 Å². The first-order valence-corrected chi connectivity index (χ1v) is 17.2. The summed E-state index contributed by atoms with van der Waals surface area (Å²) in [6, 6.07) is 31.9. The third-order valence-corrected chi connectivity index (χ3v) is 9.27. The van der Waals surface area contributed by atoms with Gasteiger partial charge in [-0.25, -0.2) is 0 Å². The van der Waals surface area contributed by atoms with Gasteiger partial charge >= 0.3 is 0 Å². The topological polar surface area (TPSA) is 24.5 Å². The first-order valence-electron chi connectivity index (χ1n) is 17.2. The van der Waals surface area contributed by atoms with Crippen molar-refractivity contribution in [1.82, 2.24) is 0 Å². The zero-order valence-corrected chi connectivity index (χ0v) is 29.5. The fourth-order valence-corrected chi connectivity index (χ4v) is 6.36. The Hall–Kier alpha value is -3.30. The van der Waals surface area contributed by atoms with Crippen LogP contribution in [0.5, 0.6) is 0 Å². The van der Waals surface area contributed by atoms with Gasteiger partial charge < -0.3 is 15.0 Å². The van der Waals surface area contributed by atoms with Crippen molar-refractivity contribution in [3.05, 3.63) is 107 Å². The Morgan fingerprint density at radius 1 is 0.711 bits per heavy atom. The molecule has 2 atom stereocenters. The Morgan fingerprint density at radius 3 is 1.89 bits per heavy atom. The summed E-state index contributed by atoms with van der Waals surface area (Å²) in [7, 11) is 0. The second-order valence-electron chi connectivity index (χ2n) is 14.8. The van der Waals surface area contributed by atoms with Crippen LogP contribution in [0.3, 0.4) is 0 Å². The van der Waals surface area contributed by atoms with E-state index in [0.29, 0.717) is 5.92 Å². The van der Waals surface area contributed by atoms with Crippen molar-refractivity contribution >= 4 is 22.1 Å². The summed E-state index contributed by atoms with van der Waals surface area (Å²) >= 11 is 0. The summed E-state index contributed by atoms with van der Waals surface area (Å²) in [4.78, 5) is 2.41. The maximum Gasteiger partial charge on any atom is 0.0598 e. The molecule has 0 radical (unpaired) electrons. The van der Waals surface area contributed by atoms with Crippen LogP contribution in [0.1, 0.15) is 103 Å². The van der Waals surface area contributed by atoms with Crippen LogP contribution in [0.15, 0.2) is 84.9 Å². The predicted octanol–water partition coefficient (Wildman–Crippen LogP) is 11.2. The van der Waals surface area contributed by atoms with Gasteiger partial charge in [-0.05, 0) is 106 Å². The summed E-state index contributed by atoms with van der Waals surface area (Å²) in [5.41, 5.74) is 7.94. The van der Waals surface area contributed by atoms with Crippen molar-refractivity contribution in [2.45, 2.75) is 93.1 Å². The molecule has 0 aliphatic carbocycles. The molecule has 3 nitrogen and oxygen atoms in total. The molecule has 0 aromatic heterocycles. The molecule has 4 rings (SSSR count). The number of nitrogens with one attached hydrogen (secondary N) is 1. The Kier molecular flexibility index (Phi) is 11.8. The number of unbranched alkanes of at least 4 members (excludes halogenated alkanes) is 1. The molecule has 0 fully saturated rings. The second kappa shape index (κ2) is 15.3. The smallest absolute Gasteiger partial charge is 0.0598 e. The van der Waals surface area contributed by atoms with Crippen LogP contribution in [-0.4, -0.2) is 31.8 Å². The van der Waals surface area contributed by atoms with E-state index >= 15 is 0 Å². The minimum Gasteiger partial charge on any atom is -0.385 e. The summed E-state index contributed by atoms with van der Waals surface area (Å²) in [6.45, 7) is 23.9. The van der Waals surface area contributed by atoms with Gasteiger partial charge in [0, 0.05) is 42.3 Å². The molecule has 0 heterocycles. The van der Waals surface area contributed by atoms with Crippen LogP contribution < -0.4 is 10.2 Å². The van der Waals surface area contributed by atoms with Gasteiger partial charge in [-0.15, -0.1) is 0 Å². The fourth-order valence-electron chi connectivity index (χ4n) is 6.36. The van der Waals surface area contributed by atoms with Crippen molar-refractivity contribution < 1.29 is 4.74 Å². The van der Waals surface area contributed by atoms with E-state index in [9.17, 15) is 0 Å². The minimum absolute atomic E-state index is 0.0918. The Balaban J connectivity index is 1.56. The van der Waals surface area contributed by atoms with E-state index in [4.69, 9.17) is 4.74 Å². The summed E-state index contributed by atoms with van der Waals surface area (Å²) in [5.74, 6) is 0.705. The van der Waals surface area contributed by atoms with E-state index in [1.165, 1.54) is 57.2 Å². The standard InChI is InChI=1S/C42H58N2O/c1-10-44(11-2)35-25-23-33(24-26-35)40(32-21-19-31(3)20-22-32)38-27-28-39(37-18-13-12-17-36(37)38)43-29-15-14-16-34(41(4,5)6)30-45-42(7,8)9/h12-13,17-28,34,40,43H,10-11,14-16,29-30H2,1-9H3. The van der Waals surface area contributed by atoms with Gasteiger partial charge in [-0.3, -0.25) is 0 Å². The zero-order valence-electron chi connectivity index (χ0n) is 29.5. The van der Waals surface area contributed by atoms with Gasteiger partial charge in [0.2, 0.25) is 0 Å². The molecule has 0 aliphatic rings. The van der Waals surface area contributed by atoms with E-state index in [1.54, 1.807) is 0 Å². The highest BCUT2D eigenvalue weighted by molar-refractivity contribution is 5.97. The van der Waals surface area contributed by atoms with Crippen LogP contribution >= 0.6 is 0 Å². The van der Waals surface area contributed by atoms with Gasteiger partial charge in [-0.2, -0.15) is 0 Å². The number of anilines is 2. The Bertz CT molecular complexity index is 1470. The van der Waals surface area contributed by atoms with Crippen molar-refractivity contribution in [2.75, 3.05) is 36.5 Å². The molecule has 3 heteroatoms. The van der Waals surface area contributed by atoms with E-state index < -0.39 is 0 Å². The van der Waals surface area contributed by atoms with E-state index in [-0.39, 0.29) is 16.9 Å². The van der Waals surface area contributed by atoms with Gasteiger partial charge in [0.25, 0.3) is 0 Å². The van der Waals surface area contributed by atoms with Gasteiger partial charge in [0.05, 0.1) is 12.2 Å². The van der Waals surface area contributed by atoms with E-state index in [1.807, 2.05) is 0 Å². The lowest BCUT2D eigenvalue weighted by Crippen LogP contribution is -2.30. The molecule has 2 unspecified atom stereocenters. The molecular weight excluding hydrogens is 548 g/mol. The van der Waals surface area contributed by atoms with Crippen LogP contribution in [0.25, 0.3) is 10.8 Å². The molecular formula is C42H58N2O. The average molecular weight is 607 g/mol. The molecule has 4 aromatic carbocycles. The number of aryl methyl sites for hydroxylation is 1. The molecule has 0 aliphatic heterocycles. The van der Waals surface area contributed by atoms with Crippen LogP contribution in [0.2, 0.25) is 0 Å². The van der Waals surface area contributed by atoms with Crippen LogP contribution in [0.4, 0.5) is 11.4 Å². The predicted molar refractivity (Wildman–Crippen MR) is 197 cm³/mol. The summed E-state index contributed by atoms with van der Waals surface area (Å²) < 4.78 is 6.20. The highest BCUT2D eigenvalue weighted by atomic mass is 16.5. The minimum atomic E-state index is -0.0918. The highest BCUT2D eigenvalue weighted by Crippen LogP contribution is 2.39. The fraction of sp³-hybridized carbons (Fsp3) is 0.476. The second-order valence-corrected chi connectivity index (χ2v) is 14.8. The molecule has 45 heavy (non-hydrogen) atoms. The Labute approximate surface area is 274 Å². The quantitative estimate of drug-likeness (QED) is 0.114. The first-order chi connectivity index (χ1) is 21.4. The molecule has 0 saturated heterocycles. The lowest BCUT2D eigenvalue weighted by atomic mass is 9.78.